The van der Waals surface area contributed by atoms with E-state index >= 15 is 0 Å². The molecule has 0 spiro atoms. The van der Waals surface area contributed by atoms with Gasteiger partial charge in [0.1, 0.15) is 5.82 Å². The van der Waals surface area contributed by atoms with E-state index in [2.05, 4.69) is 25.2 Å². The standard InChI is InChI=1S/C24H31N9.2ClH/c25-15-9-11-16(12-10-15)28-24-31-22(26-13-20-29-18-7-3-4-8-19(18)30-20)21-23(32-24)33(14-27-21)17-5-1-2-6-17;;/h3-4,7-8,14-17H,1-2,5-6,9-13,25H2,(H,29,30)(H2,26,28,31,32);2*1H. The second kappa shape index (κ2) is 11.0. The van der Waals surface area contributed by atoms with Gasteiger partial charge in [-0.3, -0.25) is 0 Å². The fourth-order valence-corrected chi connectivity index (χ4v) is 5.26. The number of anilines is 2. The van der Waals surface area contributed by atoms with E-state index in [-0.39, 0.29) is 24.8 Å². The molecule has 3 aromatic heterocycles. The molecule has 4 aromatic rings. The molecule has 1 aromatic carbocycles. The lowest BCUT2D eigenvalue weighted by atomic mass is 9.92. The number of para-hydroxylation sites is 2. The Morgan fingerprint density at radius 2 is 1.74 bits per heavy atom. The van der Waals surface area contributed by atoms with E-state index in [0.29, 0.717) is 30.6 Å². The van der Waals surface area contributed by atoms with Gasteiger partial charge in [0, 0.05) is 18.1 Å². The van der Waals surface area contributed by atoms with Gasteiger partial charge in [-0.25, -0.2) is 9.97 Å². The summed E-state index contributed by atoms with van der Waals surface area (Å²) in [5.41, 5.74) is 9.81. The average Bonchev–Trinajstić information content (AvgIpc) is 3.58. The molecule has 0 bridgehead atoms. The normalized spacial score (nSPS) is 20.5. The van der Waals surface area contributed by atoms with Crippen molar-refractivity contribution >= 4 is 58.8 Å². The van der Waals surface area contributed by atoms with Crippen LogP contribution in [-0.2, 0) is 6.54 Å². The topological polar surface area (TPSA) is 122 Å². The van der Waals surface area contributed by atoms with Crippen LogP contribution in [0.4, 0.5) is 11.8 Å². The van der Waals surface area contributed by atoms with Crippen LogP contribution in [0.3, 0.4) is 0 Å². The Morgan fingerprint density at radius 3 is 2.51 bits per heavy atom. The minimum atomic E-state index is 0. The Balaban J connectivity index is 0.00000144. The Bertz CT molecular complexity index is 1220. The molecule has 6 rings (SSSR count). The summed E-state index contributed by atoms with van der Waals surface area (Å²) >= 11 is 0. The molecule has 11 heteroatoms. The summed E-state index contributed by atoms with van der Waals surface area (Å²) in [4.78, 5) is 22.5. The molecule has 5 N–H and O–H groups in total. The number of nitrogens with two attached hydrogens (primary N) is 1. The third-order valence-electron chi connectivity index (χ3n) is 7.11. The molecule has 9 nitrogen and oxygen atoms in total. The molecular formula is C24H33Cl2N9. The highest BCUT2D eigenvalue weighted by Crippen LogP contribution is 2.33. The maximum Gasteiger partial charge on any atom is 0.227 e. The summed E-state index contributed by atoms with van der Waals surface area (Å²) in [5, 5.41) is 7.05. The molecule has 2 fully saturated rings. The van der Waals surface area contributed by atoms with Gasteiger partial charge in [-0.05, 0) is 50.7 Å². The summed E-state index contributed by atoms with van der Waals surface area (Å²) < 4.78 is 2.25. The zero-order valence-corrected chi connectivity index (χ0v) is 21.2. The lowest BCUT2D eigenvalue weighted by Gasteiger charge is -2.27. The number of fused-ring (bicyclic) bond motifs is 2. The second-order valence-corrected chi connectivity index (χ2v) is 9.47. The van der Waals surface area contributed by atoms with E-state index < -0.39 is 0 Å². The van der Waals surface area contributed by atoms with Crippen molar-refractivity contribution in [2.24, 2.45) is 5.73 Å². The first kappa shape index (κ1) is 25.5. The first-order valence-electron chi connectivity index (χ1n) is 12.2. The van der Waals surface area contributed by atoms with Crippen molar-refractivity contribution in [2.75, 3.05) is 10.6 Å². The van der Waals surface area contributed by atoms with Crippen LogP contribution >= 0.6 is 24.8 Å². The Kier molecular flexibility index (Phi) is 7.98. The van der Waals surface area contributed by atoms with Crippen molar-refractivity contribution in [3.05, 3.63) is 36.4 Å². The predicted octanol–water partition coefficient (Wildman–Crippen LogP) is 4.96. The molecule has 2 saturated carbocycles. The van der Waals surface area contributed by atoms with E-state index in [1.54, 1.807) is 0 Å². The van der Waals surface area contributed by atoms with Crippen LogP contribution in [0.5, 0.6) is 0 Å². The number of rotatable bonds is 6. The Labute approximate surface area is 216 Å². The van der Waals surface area contributed by atoms with Gasteiger partial charge in [0.15, 0.2) is 17.0 Å². The SMILES string of the molecule is Cl.Cl.NC1CCC(Nc2nc(NCc3nc4ccccc4[nH]3)c3ncn(C4CCCC4)c3n2)CC1. The van der Waals surface area contributed by atoms with Crippen LogP contribution in [0.15, 0.2) is 30.6 Å². The van der Waals surface area contributed by atoms with E-state index in [0.717, 1.165) is 59.5 Å². The lowest BCUT2D eigenvalue weighted by molar-refractivity contribution is 0.410. The van der Waals surface area contributed by atoms with Crippen molar-refractivity contribution in [1.82, 2.24) is 29.5 Å². The molecule has 0 aliphatic heterocycles. The van der Waals surface area contributed by atoms with Crippen LogP contribution in [0.2, 0.25) is 0 Å². The van der Waals surface area contributed by atoms with Crippen molar-refractivity contribution in [2.45, 2.75) is 76.0 Å². The smallest absolute Gasteiger partial charge is 0.227 e. The third kappa shape index (κ3) is 5.32. The van der Waals surface area contributed by atoms with E-state index in [4.69, 9.17) is 20.7 Å². The number of aromatic amines is 1. The van der Waals surface area contributed by atoms with Gasteiger partial charge in [0.05, 0.1) is 23.9 Å². The molecule has 0 unspecified atom stereocenters. The highest BCUT2D eigenvalue weighted by atomic mass is 35.5. The first-order chi connectivity index (χ1) is 16.2. The van der Waals surface area contributed by atoms with Crippen LogP contribution in [0.25, 0.3) is 22.2 Å². The van der Waals surface area contributed by atoms with Crippen LogP contribution in [0, 0.1) is 0 Å². The van der Waals surface area contributed by atoms with Crippen molar-refractivity contribution < 1.29 is 0 Å². The minimum Gasteiger partial charge on any atom is -0.361 e. The summed E-state index contributed by atoms with van der Waals surface area (Å²) in [7, 11) is 0. The van der Waals surface area contributed by atoms with Gasteiger partial charge in [-0.1, -0.05) is 25.0 Å². The zero-order chi connectivity index (χ0) is 22.2. The van der Waals surface area contributed by atoms with Crippen LogP contribution in [0.1, 0.15) is 63.2 Å². The minimum absolute atomic E-state index is 0. The van der Waals surface area contributed by atoms with Crippen LogP contribution < -0.4 is 16.4 Å². The number of hydrogen-bond acceptors (Lipinski definition) is 7. The molecule has 2 aliphatic rings. The molecule has 188 valence electrons. The number of H-pyrrole nitrogens is 1. The fraction of sp³-hybridized carbons (Fsp3) is 0.500. The number of halogens is 2. The monoisotopic (exact) mass is 517 g/mol. The summed E-state index contributed by atoms with van der Waals surface area (Å²) in [6, 6.07) is 9.20. The van der Waals surface area contributed by atoms with Gasteiger partial charge in [-0.15, -0.1) is 24.8 Å². The third-order valence-corrected chi connectivity index (χ3v) is 7.11. The number of nitrogens with zero attached hydrogens (tertiary/aromatic N) is 5. The van der Waals surface area contributed by atoms with Gasteiger partial charge in [0.25, 0.3) is 0 Å². The highest BCUT2D eigenvalue weighted by Gasteiger charge is 2.24. The number of imidazole rings is 2. The largest absolute Gasteiger partial charge is 0.361 e. The molecular weight excluding hydrogens is 485 g/mol. The fourth-order valence-electron chi connectivity index (χ4n) is 5.26. The van der Waals surface area contributed by atoms with E-state index in [1.807, 2.05) is 30.6 Å². The van der Waals surface area contributed by atoms with Crippen molar-refractivity contribution in [3.8, 4) is 0 Å². The Morgan fingerprint density at radius 1 is 0.971 bits per heavy atom. The number of nitrogens with one attached hydrogen (secondary N) is 3. The summed E-state index contributed by atoms with van der Waals surface area (Å²) in [6.07, 6.45) is 11.0. The molecule has 0 radical (unpaired) electrons. The van der Waals surface area contributed by atoms with Crippen LogP contribution in [-0.4, -0.2) is 41.6 Å². The maximum absolute atomic E-state index is 6.10. The average molecular weight is 518 g/mol. The molecule has 0 amide bonds. The second-order valence-electron chi connectivity index (χ2n) is 9.47. The Hall–Kier alpha value is -2.62. The van der Waals surface area contributed by atoms with E-state index in [1.165, 1.54) is 25.7 Å². The lowest BCUT2D eigenvalue weighted by Crippen LogP contribution is -2.33. The summed E-state index contributed by atoms with van der Waals surface area (Å²) in [6.45, 7) is 0.537. The van der Waals surface area contributed by atoms with Gasteiger partial charge >= 0.3 is 0 Å². The van der Waals surface area contributed by atoms with Crippen molar-refractivity contribution in [3.63, 3.8) is 0 Å². The number of aromatic nitrogens is 6. The highest BCUT2D eigenvalue weighted by molar-refractivity contribution is 5.86. The molecule has 2 aliphatic carbocycles. The summed E-state index contributed by atoms with van der Waals surface area (Å²) in [5.74, 6) is 2.27. The molecule has 3 heterocycles. The van der Waals surface area contributed by atoms with Gasteiger partial charge in [0.2, 0.25) is 5.95 Å². The van der Waals surface area contributed by atoms with E-state index in [9.17, 15) is 0 Å². The van der Waals surface area contributed by atoms with Crippen molar-refractivity contribution in [1.29, 1.82) is 0 Å². The molecule has 0 saturated heterocycles. The first-order valence-corrected chi connectivity index (χ1v) is 12.2. The van der Waals surface area contributed by atoms with Gasteiger partial charge < -0.3 is 25.9 Å². The quantitative estimate of drug-likeness (QED) is 0.285. The van der Waals surface area contributed by atoms with Gasteiger partial charge in [-0.2, -0.15) is 9.97 Å². The molecule has 35 heavy (non-hydrogen) atoms. The predicted molar refractivity (Wildman–Crippen MR) is 145 cm³/mol. The maximum atomic E-state index is 6.10. The number of benzene rings is 1. The molecule has 0 atom stereocenters. The number of hydrogen-bond donors (Lipinski definition) is 4. The zero-order valence-electron chi connectivity index (χ0n) is 19.6.